The third kappa shape index (κ3) is 4.42. The molecule has 0 radical (unpaired) electrons. The number of anilines is 1. The molecule has 2 heterocycles. The standard InChI is InChI=1S/C13H23N5OS/c1-10-15-13(20-16-10)14-8-11-4-6-18(7-5-11)9-12(19)17(2)3/h11H,4-9H2,1-3H3,(H,14,15,16). The maximum absolute atomic E-state index is 11.7. The normalized spacial score (nSPS) is 17.1. The monoisotopic (exact) mass is 297 g/mol. The van der Waals surface area contributed by atoms with Crippen LogP contribution in [0.4, 0.5) is 5.13 Å². The Hall–Kier alpha value is -1.21. The molecule has 20 heavy (non-hydrogen) atoms. The summed E-state index contributed by atoms with van der Waals surface area (Å²) in [6.07, 6.45) is 2.26. The zero-order chi connectivity index (χ0) is 14.5. The van der Waals surface area contributed by atoms with E-state index >= 15 is 0 Å². The summed E-state index contributed by atoms with van der Waals surface area (Å²) in [4.78, 5) is 19.9. The maximum atomic E-state index is 11.7. The first-order valence-corrected chi connectivity index (χ1v) is 7.78. The van der Waals surface area contributed by atoms with E-state index in [0.29, 0.717) is 12.5 Å². The SMILES string of the molecule is Cc1nsc(NCC2CCN(CC(=O)N(C)C)CC2)n1. The van der Waals surface area contributed by atoms with E-state index in [1.165, 1.54) is 11.5 Å². The van der Waals surface area contributed by atoms with Crippen LogP contribution in [0, 0.1) is 12.8 Å². The van der Waals surface area contributed by atoms with E-state index in [2.05, 4.69) is 19.6 Å². The van der Waals surface area contributed by atoms with E-state index in [0.717, 1.165) is 43.4 Å². The lowest BCUT2D eigenvalue weighted by atomic mass is 9.97. The molecule has 0 atom stereocenters. The first-order valence-electron chi connectivity index (χ1n) is 7.01. The highest BCUT2D eigenvalue weighted by atomic mass is 32.1. The summed E-state index contributed by atoms with van der Waals surface area (Å²) in [7, 11) is 3.62. The number of aryl methyl sites for hydroxylation is 1. The van der Waals surface area contributed by atoms with Crippen LogP contribution >= 0.6 is 11.5 Å². The van der Waals surface area contributed by atoms with E-state index in [1.54, 1.807) is 4.90 Å². The summed E-state index contributed by atoms with van der Waals surface area (Å²) in [5.74, 6) is 1.67. The fourth-order valence-corrected chi connectivity index (χ4v) is 2.86. The lowest BCUT2D eigenvalue weighted by Gasteiger charge is -2.32. The Kier molecular flexibility index (Phi) is 5.31. The molecular weight excluding hydrogens is 274 g/mol. The minimum atomic E-state index is 0.186. The van der Waals surface area contributed by atoms with Crippen molar-refractivity contribution in [2.45, 2.75) is 19.8 Å². The fourth-order valence-electron chi connectivity index (χ4n) is 2.28. The summed E-state index contributed by atoms with van der Waals surface area (Å²) in [5.41, 5.74) is 0. The Morgan fingerprint density at radius 2 is 2.15 bits per heavy atom. The zero-order valence-electron chi connectivity index (χ0n) is 12.4. The van der Waals surface area contributed by atoms with Gasteiger partial charge in [-0.25, -0.2) is 4.98 Å². The molecular formula is C13H23N5OS. The number of rotatable bonds is 5. The van der Waals surface area contributed by atoms with Gasteiger partial charge < -0.3 is 10.2 Å². The summed E-state index contributed by atoms with van der Waals surface area (Å²) in [6.45, 7) is 5.40. The second kappa shape index (κ2) is 6.99. The van der Waals surface area contributed by atoms with Crippen molar-refractivity contribution in [3.63, 3.8) is 0 Å². The summed E-state index contributed by atoms with van der Waals surface area (Å²) in [6, 6.07) is 0. The van der Waals surface area contributed by atoms with Crippen LogP contribution in [0.2, 0.25) is 0 Å². The third-order valence-corrected chi connectivity index (χ3v) is 4.40. The molecule has 1 aromatic rings. The molecule has 1 N–H and O–H groups in total. The first kappa shape index (κ1) is 15.2. The number of nitrogens with one attached hydrogen (secondary N) is 1. The lowest BCUT2D eigenvalue weighted by Crippen LogP contribution is -2.42. The molecule has 1 aliphatic rings. The second-order valence-corrected chi connectivity index (χ2v) is 6.29. The van der Waals surface area contributed by atoms with Crippen molar-refractivity contribution < 1.29 is 4.79 Å². The molecule has 0 aromatic carbocycles. The van der Waals surface area contributed by atoms with Crippen LogP contribution in [-0.4, -0.2) is 65.3 Å². The number of carbonyl (C=O) groups excluding carboxylic acids is 1. The van der Waals surface area contributed by atoms with Crippen LogP contribution in [0.5, 0.6) is 0 Å². The first-order chi connectivity index (χ1) is 9.54. The molecule has 6 nitrogen and oxygen atoms in total. The Balaban J connectivity index is 1.68. The topological polar surface area (TPSA) is 61.4 Å². The van der Waals surface area contributed by atoms with Gasteiger partial charge in [-0.1, -0.05) is 0 Å². The molecule has 1 aromatic heterocycles. The predicted octanol–water partition coefficient (Wildman–Crippen LogP) is 1.06. The smallest absolute Gasteiger partial charge is 0.236 e. The second-order valence-electron chi connectivity index (χ2n) is 5.54. The Labute approximate surface area is 124 Å². The molecule has 0 unspecified atom stereocenters. The van der Waals surface area contributed by atoms with Crippen molar-refractivity contribution in [3.8, 4) is 0 Å². The van der Waals surface area contributed by atoms with Crippen molar-refractivity contribution >= 4 is 22.6 Å². The maximum Gasteiger partial charge on any atom is 0.236 e. The Morgan fingerprint density at radius 3 is 2.70 bits per heavy atom. The number of likely N-dealkylation sites (N-methyl/N-ethyl adjacent to an activating group) is 1. The largest absolute Gasteiger partial charge is 0.360 e. The summed E-state index contributed by atoms with van der Waals surface area (Å²) < 4.78 is 4.16. The number of aromatic nitrogens is 2. The van der Waals surface area contributed by atoms with E-state index in [4.69, 9.17) is 0 Å². The van der Waals surface area contributed by atoms with Crippen LogP contribution in [-0.2, 0) is 4.79 Å². The van der Waals surface area contributed by atoms with Crippen molar-refractivity contribution in [1.82, 2.24) is 19.2 Å². The van der Waals surface area contributed by atoms with E-state index < -0.39 is 0 Å². The molecule has 0 saturated carbocycles. The van der Waals surface area contributed by atoms with Crippen LogP contribution in [0.3, 0.4) is 0 Å². The van der Waals surface area contributed by atoms with Crippen LogP contribution in [0.15, 0.2) is 0 Å². The highest BCUT2D eigenvalue weighted by Crippen LogP contribution is 2.19. The molecule has 0 spiro atoms. The minimum absolute atomic E-state index is 0.186. The molecule has 1 saturated heterocycles. The van der Waals surface area contributed by atoms with Gasteiger partial charge in [-0.15, -0.1) is 0 Å². The zero-order valence-corrected chi connectivity index (χ0v) is 13.2. The van der Waals surface area contributed by atoms with Crippen molar-refractivity contribution in [2.75, 3.05) is 45.6 Å². The number of hydrogen-bond donors (Lipinski definition) is 1. The van der Waals surface area contributed by atoms with Gasteiger partial charge in [-0.3, -0.25) is 9.69 Å². The molecule has 7 heteroatoms. The molecule has 2 rings (SSSR count). The van der Waals surface area contributed by atoms with Gasteiger partial charge in [0.2, 0.25) is 11.0 Å². The average Bonchev–Trinajstić information content (AvgIpc) is 2.83. The molecule has 1 fully saturated rings. The number of piperidine rings is 1. The molecule has 0 aliphatic carbocycles. The van der Waals surface area contributed by atoms with Gasteiger partial charge in [-0.05, 0) is 38.8 Å². The molecule has 1 aliphatic heterocycles. The van der Waals surface area contributed by atoms with Crippen LogP contribution < -0.4 is 5.32 Å². The van der Waals surface area contributed by atoms with Crippen molar-refractivity contribution in [2.24, 2.45) is 5.92 Å². The summed E-state index contributed by atoms with van der Waals surface area (Å²) >= 11 is 1.42. The molecule has 112 valence electrons. The highest BCUT2D eigenvalue weighted by Gasteiger charge is 2.21. The summed E-state index contributed by atoms with van der Waals surface area (Å²) in [5, 5.41) is 4.27. The van der Waals surface area contributed by atoms with Gasteiger partial charge in [0.1, 0.15) is 5.82 Å². The Bertz CT molecular complexity index is 440. The van der Waals surface area contributed by atoms with Gasteiger partial charge in [0.15, 0.2) is 0 Å². The minimum Gasteiger partial charge on any atom is -0.360 e. The van der Waals surface area contributed by atoms with E-state index in [-0.39, 0.29) is 5.91 Å². The fraction of sp³-hybridized carbons (Fsp3) is 0.769. The predicted molar refractivity (Wildman–Crippen MR) is 81.0 cm³/mol. The quantitative estimate of drug-likeness (QED) is 0.880. The van der Waals surface area contributed by atoms with Gasteiger partial charge in [0, 0.05) is 32.2 Å². The van der Waals surface area contributed by atoms with Gasteiger partial charge in [0.25, 0.3) is 0 Å². The van der Waals surface area contributed by atoms with E-state index in [9.17, 15) is 4.79 Å². The molecule has 1 amide bonds. The van der Waals surface area contributed by atoms with Crippen LogP contribution in [0.1, 0.15) is 18.7 Å². The van der Waals surface area contributed by atoms with Gasteiger partial charge in [0.05, 0.1) is 6.54 Å². The highest BCUT2D eigenvalue weighted by molar-refractivity contribution is 7.09. The number of likely N-dealkylation sites (tertiary alicyclic amines) is 1. The number of carbonyl (C=O) groups is 1. The van der Waals surface area contributed by atoms with Gasteiger partial charge >= 0.3 is 0 Å². The van der Waals surface area contributed by atoms with Crippen molar-refractivity contribution in [1.29, 1.82) is 0 Å². The van der Waals surface area contributed by atoms with Crippen LogP contribution in [0.25, 0.3) is 0 Å². The van der Waals surface area contributed by atoms with Crippen molar-refractivity contribution in [3.05, 3.63) is 5.82 Å². The Morgan fingerprint density at radius 1 is 1.45 bits per heavy atom. The number of amides is 1. The average molecular weight is 297 g/mol. The lowest BCUT2D eigenvalue weighted by molar-refractivity contribution is -0.130. The number of hydrogen-bond acceptors (Lipinski definition) is 6. The molecule has 0 bridgehead atoms. The van der Waals surface area contributed by atoms with Gasteiger partial charge in [-0.2, -0.15) is 4.37 Å². The third-order valence-electron chi connectivity index (χ3n) is 3.63. The van der Waals surface area contributed by atoms with E-state index in [1.807, 2.05) is 21.0 Å². The number of nitrogens with zero attached hydrogens (tertiary/aromatic N) is 4.